The van der Waals surface area contributed by atoms with Crippen LogP contribution in [-0.4, -0.2) is 0 Å². The molecule has 0 amide bonds. The van der Waals surface area contributed by atoms with E-state index in [-0.39, 0.29) is 56.8 Å². The standard InChI is InChI=1S/C37H24F.2ClH.Zr/c38-35-21-10-9-18-31(35)29-19-11-20-32(29)37-33(23-22-30-28-17-8-7-16-27(28)24-34(30)37)36(25-12-3-1-4-13-25)26-14-5-2-6-15-26;;;/h1-19,21-23H,20H2;2*1H;/q-1;;;+3/p-2. The molecule has 0 nitrogen and oxygen atoms in total. The number of benzene rings is 5. The molecule has 5 aromatic rings. The Morgan fingerprint density at radius 3 is 1.93 bits per heavy atom. The first-order chi connectivity index (χ1) is 18.8. The summed E-state index contributed by atoms with van der Waals surface area (Å²) in [5.41, 5.74) is 8.38. The molecule has 0 saturated heterocycles. The molecule has 0 spiro atoms. The molecule has 0 aliphatic heterocycles. The van der Waals surface area contributed by atoms with Crippen LogP contribution in [0.25, 0.3) is 22.8 Å². The fraction of sp³-hybridized carbons (Fsp3) is 0.0270. The Morgan fingerprint density at radius 1 is 0.634 bits per heavy atom. The van der Waals surface area contributed by atoms with Crippen molar-refractivity contribution in [1.29, 1.82) is 0 Å². The molecule has 0 saturated carbocycles. The maximum absolute atomic E-state index is 15.1. The third kappa shape index (κ3) is 5.50. The predicted molar refractivity (Wildman–Crippen MR) is 154 cm³/mol. The van der Waals surface area contributed by atoms with Crippen LogP contribution in [0.3, 0.4) is 0 Å². The molecule has 2 aliphatic carbocycles. The molecule has 2 aliphatic rings. The summed E-state index contributed by atoms with van der Waals surface area (Å²) < 4.78 is 15.1. The first-order valence-electron chi connectivity index (χ1n) is 13.0. The second-order valence-electron chi connectivity index (χ2n) is 9.67. The molecular formula is C37H24Cl2FZr. The Bertz CT molecular complexity index is 1950. The average Bonchev–Trinajstić information content (AvgIpc) is 3.59. The monoisotopic (exact) mass is 647 g/mol. The maximum Gasteiger partial charge on any atom is 3.00 e. The van der Waals surface area contributed by atoms with Crippen LogP contribution in [-0.2, 0) is 26.2 Å². The van der Waals surface area contributed by atoms with Crippen LogP contribution < -0.4 is 35.3 Å². The molecule has 0 unspecified atom stereocenters. The Labute approximate surface area is 270 Å². The van der Waals surface area contributed by atoms with E-state index < -0.39 is 0 Å². The van der Waals surface area contributed by atoms with E-state index in [1.54, 1.807) is 12.1 Å². The van der Waals surface area contributed by atoms with Crippen molar-refractivity contribution in [3.05, 3.63) is 188 Å². The summed E-state index contributed by atoms with van der Waals surface area (Å²) in [6, 6.07) is 41.1. The summed E-state index contributed by atoms with van der Waals surface area (Å²) in [5, 5.41) is 4.59. The first-order valence-corrected chi connectivity index (χ1v) is 13.0. The van der Waals surface area contributed by atoms with E-state index in [2.05, 4.69) is 103 Å². The quantitative estimate of drug-likeness (QED) is 0.253. The molecule has 0 atom stereocenters. The summed E-state index contributed by atoms with van der Waals surface area (Å²) in [5.74, 6) is -0.202. The summed E-state index contributed by atoms with van der Waals surface area (Å²) in [4.78, 5) is 0. The van der Waals surface area contributed by atoms with Gasteiger partial charge in [0.2, 0.25) is 0 Å². The summed E-state index contributed by atoms with van der Waals surface area (Å²) >= 11 is 0. The van der Waals surface area contributed by atoms with Crippen LogP contribution in [0.1, 0.15) is 34.2 Å². The van der Waals surface area contributed by atoms with Gasteiger partial charge in [0.05, 0.1) is 0 Å². The first kappa shape index (κ1) is 30.7. The average molecular weight is 650 g/mol. The second kappa shape index (κ2) is 13.1. The van der Waals surface area contributed by atoms with Crippen LogP contribution in [0.5, 0.6) is 0 Å². The van der Waals surface area contributed by atoms with Crippen LogP contribution >= 0.6 is 0 Å². The van der Waals surface area contributed by atoms with Gasteiger partial charge in [-0.15, -0.1) is 33.4 Å². The van der Waals surface area contributed by atoms with Gasteiger partial charge in [0, 0.05) is 5.56 Å². The fourth-order valence-electron chi connectivity index (χ4n) is 5.80. The number of fused-ring (bicyclic) bond motifs is 2. The minimum Gasteiger partial charge on any atom is -1.00 e. The molecule has 0 bridgehead atoms. The molecule has 41 heavy (non-hydrogen) atoms. The van der Waals surface area contributed by atoms with Crippen molar-refractivity contribution >= 4 is 22.8 Å². The van der Waals surface area contributed by atoms with E-state index in [9.17, 15) is 0 Å². The second-order valence-corrected chi connectivity index (χ2v) is 9.67. The zero-order valence-electron chi connectivity index (χ0n) is 22.0. The van der Waals surface area contributed by atoms with Gasteiger partial charge in [0.25, 0.3) is 0 Å². The molecule has 0 aromatic heterocycles. The number of halogens is 3. The Hall–Kier alpha value is -3.29. The van der Waals surface area contributed by atoms with Gasteiger partial charge >= 0.3 is 26.2 Å². The molecular weight excluding hydrogens is 626 g/mol. The topological polar surface area (TPSA) is 0 Å². The summed E-state index contributed by atoms with van der Waals surface area (Å²) in [6.45, 7) is 0. The normalized spacial score (nSPS) is 12.3. The fourth-order valence-corrected chi connectivity index (χ4v) is 5.80. The van der Waals surface area contributed by atoms with Gasteiger partial charge in [-0.05, 0) is 40.0 Å². The van der Waals surface area contributed by atoms with Gasteiger partial charge in [-0.3, -0.25) is 0 Å². The van der Waals surface area contributed by atoms with E-state index in [1.807, 2.05) is 24.3 Å². The third-order valence-corrected chi connectivity index (χ3v) is 7.47. The molecule has 1 radical (unpaired) electrons. The van der Waals surface area contributed by atoms with E-state index in [0.29, 0.717) is 5.56 Å². The van der Waals surface area contributed by atoms with Crippen LogP contribution in [0.15, 0.2) is 133 Å². The van der Waals surface area contributed by atoms with Crippen molar-refractivity contribution in [3.63, 3.8) is 0 Å². The molecule has 0 fully saturated rings. The minimum atomic E-state index is -0.202. The molecule has 0 N–H and O–H groups in total. The number of hydrogen-bond acceptors (Lipinski definition) is 0. The molecule has 4 heteroatoms. The van der Waals surface area contributed by atoms with Crippen molar-refractivity contribution in [3.8, 4) is 0 Å². The van der Waals surface area contributed by atoms with Gasteiger partial charge in [-0.1, -0.05) is 132 Å². The minimum absolute atomic E-state index is 0. The van der Waals surface area contributed by atoms with Gasteiger partial charge in [-0.25, -0.2) is 4.39 Å². The van der Waals surface area contributed by atoms with E-state index in [1.165, 1.54) is 10.4 Å². The SMILES string of the molecule is Fc1ccccc1C1=C(c2c3c(ccc2=C(c2ccccc2)c2ccccc2)=c2ccccc2=[C-]3)CC=C1.[Cl-].[Cl-].[Zr+3]. The predicted octanol–water partition coefficient (Wildman–Crippen LogP) is 1.26. The molecule has 7 rings (SSSR count). The third-order valence-electron chi connectivity index (χ3n) is 7.47. The van der Waals surface area contributed by atoms with Gasteiger partial charge < -0.3 is 24.8 Å². The smallest absolute Gasteiger partial charge is 1.00 e. The van der Waals surface area contributed by atoms with Crippen molar-refractivity contribution < 1.29 is 55.4 Å². The maximum atomic E-state index is 15.1. The molecule has 5 aromatic carbocycles. The van der Waals surface area contributed by atoms with E-state index >= 15 is 4.39 Å². The Kier molecular flexibility index (Phi) is 9.82. The zero-order valence-corrected chi connectivity index (χ0v) is 26.0. The Morgan fingerprint density at radius 2 is 1.24 bits per heavy atom. The van der Waals surface area contributed by atoms with Crippen molar-refractivity contribution in [2.75, 3.05) is 0 Å². The Balaban J connectivity index is 0.00000129. The van der Waals surface area contributed by atoms with E-state index in [4.69, 9.17) is 0 Å². The van der Waals surface area contributed by atoms with Crippen LogP contribution in [0.2, 0.25) is 0 Å². The molecule has 197 valence electrons. The van der Waals surface area contributed by atoms with Crippen molar-refractivity contribution in [1.82, 2.24) is 0 Å². The van der Waals surface area contributed by atoms with Gasteiger partial charge in [0.15, 0.2) is 0 Å². The van der Waals surface area contributed by atoms with Crippen LogP contribution in [0, 0.1) is 16.3 Å². The number of rotatable bonds is 4. The van der Waals surface area contributed by atoms with Crippen molar-refractivity contribution in [2.24, 2.45) is 0 Å². The van der Waals surface area contributed by atoms with Gasteiger partial charge in [-0.2, -0.15) is 0 Å². The van der Waals surface area contributed by atoms with Crippen molar-refractivity contribution in [2.45, 2.75) is 6.42 Å². The van der Waals surface area contributed by atoms with Crippen LogP contribution in [0.4, 0.5) is 4.39 Å². The zero-order chi connectivity index (χ0) is 25.5. The van der Waals surface area contributed by atoms with E-state index in [0.717, 1.165) is 55.8 Å². The molecule has 0 heterocycles. The summed E-state index contributed by atoms with van der Waals surface area (Å²) in [7, 11) is 0. The summed E-state index contributed by atoms with van der Waals surface area (Å²) in [6.07, 6.45) is 8.70. The van der Waals surface area contributed by atoms with Gasteiger partial charge in [0.1, 0.15) is 5.82 Å². The largest absolute Gasteiger partial charge is 3.00 e. The number of hydrogen-bond donors (Lipinski definition) is 0. The number of allylic oxidation sites excluding steroid dienone is 4.